The number of hydrogen-bond donors (Lipinski definition) is 2. The monoisotopic (exact) mass is 271 g/mol. The summed E-state index contributed by atoms with van der Waals surface area (Å²) in [5, 5.41) is 11.3. The Morgan fingerprint density at radius 3 is 3.00 bits per heavy atom. The SMILES string of the molecule is O=C(O)CC1C(=O)Nc2ccc(Br)c[n+]21. The molecule has 0 saturated heterocycles. The van der Waals surface area contributed by atoms with Crippen molar-refractivity contribution in [2.75, 3.05) is 5.32 Å². The first-order valence-electron chi connectivity index (χ1n) is 4.31. The lowest BCUT2D eigenvalue weighted by molar-refractivity contribution is -0.688. The predicted octanol–water partition coefficient (Wildman–Crippen LogP) is 0.705. The first-order chi connectivity index (χ1) is 7.08. The number of nitrogens with zero attached hydrogens (tertiary/aromatic N) is 1. The molecule has 0 spiro atoms. The topological polar surface area (TPSA) is 70.3 Å². The molecule has 2 heterocycles. The second-order valence-corrected chi connectivity index (χ2v) is 4.16. The molecule has 1 unspecified atom stereocenters. The number of amides is 1. The van der Waals surface area contributed by atoms with E-state index in [0.717, 1.165) is 4.47 Å². The number of carbonyl (C=O) groups excluding carboxylic acids is 1. The fraction of sp³-hybridized carbons (Fsp3) is 0.222. The molecule has 1 aliphatic heterocycles. The molecule has 1 aliphatic rings. The molecular formula is C9H8BrN2O3+. The zero-order chi connectivity index (χ0) is 11.0. The van der Waals surface area contributed by atoms with Crippen molar-refractivity contribution in [3.8, 4) is 0 Å². The van der Waals surface area contributed by atoms with Crippen LogP contribution in [-0.4, -0.2) is 17.0 Å². The first kappa shape index (κ1) is 10.1. The van der Waals surface area contributed by atoms with Crippen LogP contribution < -0.4 is 9.88 Å². The number of carboxylic acids is 1. The minimum Gasteiger partial charge on any atom is -0.481 e. The smallest absolute Gasteiger partial charge is 0.353 e. The Balaban J connectivity index is 2.39. The molecule has 2 N–H and O–H groups in total. The Kier molecular flexibility index (Phi) is 2.44. The van der Waals surface area contributed by atoms with Gasteiger partial charge in [-0.25, -0.2) is 14.7 Å². The summed E-state index contributed by atoms with van der Waals surface area (Å²) in [5.74, 6) is -0.652. The van der Waals surface area contributed by atoms with Gasteiger partial charge < -0.3 is 5.11 Å². The lowest BCUT2D eigenvalue weighted by atomic mass is 10.2. The van der Waals surface area contributed by atoms with Gasteiger partial charge in [-0.15, -0.1) is 0 Å². The van der Waals surface area contributed by atoms with Gasteiger partial charge in [-0.1, -0.05) is 0 Å². The van der Waals surface area contributed by atoms with Crippen molar-refractivity contribution in [2.24, 2.45) is 0 Å². The zero-order valence-electron chi connectivity index (χ0n) is 7.61. The molecule has 1 atom stereocenters. The summed E-state index contributed by atoms with van der Waals surface area (Å²) in [5.41, 5.74) is 0. The third-order valence-electron chi connectivity index (χ3n) is 2.20. The van der Waals surface area contributed by atoms with Crippen molar-refractivity contribution in [3.05, 3.63) is 22.8 Å². The number of carbonyl (C=O) groups is 2. The van der Waals surface area contributed by atoms with Gasteiger partial charge in [-0.2, -0.15) is 0 Å². The number of carboxylic acid groups (broad SMARTS) is 1. The summed E-state index contributed by atoms with van der Waals surface area (Å²) in [4.78, 5) is 22.1. The standard InChI is InChI=1S/C9H7BrN2O3/c10-5-1-2-7-11-9(15)6(3-8(13)14)12(7)4-5/h1-2,4,6H,3H2,(H,13,14)/p+1. The predicted molar refractivity (Wildman–Crippen MR) is 54.3 cm³/mol. The number of pyridine rings is 1. The van der Waals surface area contributed by atoms with E-state index < -0.39 is 12.0 Å². The van der Waals surface area contributed by atoms with Crippen molar-refractivity contribution >= 4 is 33.6 Å². The van der Waals surface area contributed by atoms with Gasteiger partial charge in [-0.05, 0) is 22.0 Å². The number of nitrogens with one attached hydrogen (secondary N) is 1. The first-order valence-corrected chi connectivity index (χ1v) is 5.10. The molecule has 0 aromatic carbocycles. The van der Waals surface area contributed by atoms with E-state index in [0.29, 0.717) is 5.82 Å². The fourth-order valence-corrected chi connectivity index (χ4v) is 1.90. The summed E-state index contributed by atoms with van der Waals surface area (Å²) >= 11 is 3.27. The largest absolute Gasteiger partial charge is 0.481 e. The molecule has 1 aromatic rings. The quantitative estimate of drug-likeness (QED) is 0.779. The van der Waals surface area contributed by atoms with Crippen LogP contribution in [0.5, 0.6) is 0 Å². The van der Waals surface area contributed by atoms with Crippen LogP contribution in [0.15, 0.2) is 22.8 Å². The second-order valence-electron chi connectivity index (χ2n) is 3.24. The van der Waals surface area contributed by atoms with E-state index in [1.165, 1.54) is 0 Å². The van der Waals surface area contributed by atoms with E-state index in [2.05, 4.69) is 21.2 Å². The van der Waals surface area contributed by atoms with E-state index in [4.69, 9.17) is 5.11 Å². The molecular weight excluding hydrogens is 264 g/mol. The van der Waals surface area contributed by atoms with Gasteiger partial charge >= 0.3 is 11.9 Å². The fourth-order valence-electron chi connectivity index (χ4n) is 1.55. The molecule has 1 aromatic heterocycles. The maximum Gasteiger partial charge on any atom is 0.353 e. The van der Waals surface area contributed by atoms with Gasteiger partial charge in [0.05, 0.1) is 10.9 Å². The molecule has 0 aliphatic carbocycles. The molecule has 1 amide bonds. The minimum atomic E-state index is -0.990. The van der Waals surface area contributed by atoms with Crippen LogP contribution in [0.3, 0.4) is 0 Å². The number of fused-ring (bicyclic) bond motifs is 1. The van der Waals surface area contributed by atoms with Gasteiger partial charge in [0, 0.05) is 6.07 Å². The Bertz CT molecular complexity index is 447. The molecule has 5 nitrogen and oxygen atoms in total. The van der Waals surface area contributed by atoms with E-state index in [1.54, 1.807) is 22.9 Å². The van der Waals surface area contributed by atoms with Crippen molar-refractivity contribution in [1.82, 2.24) is 0 Å². The number of hydrogen-bond acceptors (Lipinski definition) is 2. The summed E-state index contributed by atoms with van der Waals surface area (Å²) in [6.45, 7) is 0. The van der Waals surface area contributed by atoms with Crippen LogP contribution in [0.4, 0.5) is 5.82 Å². The number of aliphatic carboxylic acids is 1. The number of rotatable bonds is 2. The Hall–Kier alpha value is -1.43. The lowest BCUT2D eigenvalue weighted by Crippen LogP contribution is -2.39. The van der Waals surface area contributed by atoms with Gasteiger partial charge in [0.15, 0.2) is 0 Å². The number of aromatic nitrogens is 1. The molecule has 78 valence electrons. The van der Waals surface area contributed by atoms with Crippen LogP contribution in [0.2, 0.25) is 0 Å². The normalized spacial score (nSPS) is 18.5. The van der Waals surface area contributed by atoms with Crippen molar-refractivity contribution < 1.29 is 19.3 Å². The van der Waals surface area contributed by atoms with E-state index in [-0.39, 0.29) is 12.3 Å². The number of anilines is 1. The second kappa shape index (κ2) is 3.62. The molecule has 0 fully saturated rings. The van der Waals surface area contributed by atoms with E-state index in [1.807, 2.05) is 0 Å². The molecule has 6 heteroatoms. The average molecular weight is 272 g/mol. The highest BCUT2D eigenvalue weighted by Gasteiger charge is 2.39. The van der Waals surface area contributed by atoms with Crippen LogP contribution >= 0.6 is 15.9 Å². The molecule has 0 saturated carbocycles. The summed E-state index contributed by atoms with van der Waals surface area (Å²) in [7, 11) is 0. The van der Waals surface area contributed by atoms with Gasteiger partial charge in [0.2, 0.25) is 6.04 Å². The molecule has 0 bridgehead atoms. The van der Waals surface area contributed by atoms with Crippen LogP contribution in [0, 0.1) is 0 Å². The van der Waals surface area contributed by atoms with E-state index in [9.17, 15) is 9.59 Å². The van der Waals surface area contributed by atoms with Crippen molar-refractivity contribution in [3.63, 3.8) is 0 Å². The third kappa shape index (κ3) is 1.85. The zero-order valence-corrected chi connectivity index (χ0v) is 9.19. The summed E-state index contributed by atoms with van der Waals surface area (Å²) < 4.78 is 2.43. The Morgan fingerprint density at radius 2 is 2.33 bits per heavy atom. The average Bonchev–Trinajstić information content (AvgIpc) is 2.43. The van der Waals surface area contributed by atoms with Crippen LogP contribution in [-0.2, 0) is 9.59 Å². The van der Waals surface area contributed by atoms with Crippen molar-refractivity contribution in [1.29, 1.82) is 0 Å². The maximum absolute atomic E-state index is 11.5. The summed E-state index contributed by atoms with van der Waals surface area (Å²) in [6.07, 6.45) is 1.49. The highest BCUT2D eigenvalue weighted by molar-refractivity contribution is 9.10. The van der Waals surface area contributed by atoms with Crippen LogP contribution in [0.1, 0.15) is 12.5 Å². The van der Waals surface area contributed by atoms with E-state index >= 15 is 0 Å². The highest BCUT2D eigenvalue weighted by Crippen LogP contribution is 2.20. The summed E-state index contributed by atoms with van der Waals surface area (Å²) in [6, 6.07) is 2.86. The maximum atomic E-state index is 11.5. The molecule has 2 rings (SSSR count). The highest BCUT2D eigenvalue weighted by atomic mass is 79.9. The van der Waals surface area contributed by atoms with Crippen LogP contribution in [0.25, 0.3) is 0 Å². The van der Waals surface area contributed by atoms with Crippen molar-refractivity contribution in [2.45, 2.75) is 12.5 Å². The Labute approximate surface area is 93.8 Å². The molecule has 15 heavy (non-hydrogen) atoms. The van der Waals surface area contributed by atoms with Gasteiger partial charge in [-0.3, -0.25) is 4.79 Å². The van der Waals surface area contributed by atoms with Gasteiger partial charge in [0.25, 0.3) is 5.82 Å². The Morgan fingerprint density at radius 1 is 1.60 bits per heavy atom. The molecule has 0 radical (unpaired) electrons. The number of halogens is 1. The van der Waals surface area contributed by atoms with Gasteiger partial charge in [0.1, 0.15) is 6.20 Å². The minimum absolute atomic E-state index is 0.208. The third-order valence-corrected chi connectivity index (χ3v) is 2.67. The lowest BCUT2D eigenvalue weighted by Gasteiger charge is -2.02.